The Bertz CT molecular complexity index is 1130. The largest absolute Gasteiger partial charge is 0.347 e. The van der Waals surface area contributed by atoms with E-state index in [0.717, 1.165) is 5.56 Å². The summed E-state index contributed by atoms with van der Waals surface area (Å²) in [5, 5.41) is 13.9. The smallest absolute Gasteiger partial charge is 0.269 e. The van der Waals surface area contributed by atoms with E-state index in [2.05, 4.69) is 10.0 Å². The number of non-ortho nitro benzene ring substituents is 1. The molecule has 2 atom stereocenters. The summed E-state index contributed by atoms with van der Waals surface area (Å²) in [4.78, 5) is 24.1. The van der Waals surface area contributed by atoms with E-state index in [0.29, 0.717) is 5.56 Å². The molecule has 0 spiro atoms. The summed E-state index contributed by atoms with van der Waals surface area (Å²) in [6.45, 7) is 1.79. The molecule has 0 aliphatic rings. The van der Waals surface area contributed by atoms with Gasteiger partial charge in [-0.15, -0.1) is 0 Å². The van der Waals surface area contributed by atoms with E-state index >= 15 is 0 Å². The van der Waals surface area contributed by atoms with Crippen molar-refractivity contribution in [3.05, 3.63) is 112 Å². The molecule has 0 saturated heterocycles. The third kappa shape index (κ3) is 4.79. The fourth-order valence-corrected chi connectivity index (χ4v) is 4.03. The Morgan fingerprint density at radius 3 is 1.94 bits per heavy atom. The van der Waals surface area contributed by atoms with Crippen molar-refractivity contribution in [3.63, 3.8) is 0 Å². The minimum absolute atomic E-state index is 0.171. The average Bonchev–Trinajstić information content (AvgIpc) is 2.78. The number of hydrogen-bond donors (Lipinski definition) is 3. The quantitative estimate of drug-likeness (QED) is 0.283. The summed E-state index contributed by atoms with van der Waals surface area (Å²) in [6, 6.07) is 22.4. The molecule has 3 rings (SSSR count). The number of nitro benzene ring substituents is 1. The van der Waals surface area contributed by atoms with Gasteiger partial charge in [-0.25, -0.2) is 8.42 Å². The summed E-state index contributed by atoms with van der Waals surface area (Å²) in [5.41, 5.74) is -0.514. The van der Waals surface area contributed by atoms with Crippen LogP contribution in [0.5, 0.6) is 0 Å². The highest BCUT2D eigenvalue weighted by atomic mass is 32.2. The monoisotopic (exact) mass is 439 g/mol. The number of hydrogen-bond acceptors (Lipinski definition) is 5. The molecule has 31 heavy (non-hydrogen) atoms. The molecule has 8 nitrogen and oxygen atoms in total. The van der Waals surface area contributed by atoms with Crippen LogP contribution in [0.15, 0.2) is 84.9 Å². The van der Waals surface area contributed by atoms with Crippen LogP contribution in [0.4, 0.5) is 5.69 Å². The zero-order chi connectivity index (χ0) is 22.4. The van der Waals surface area contributed by atoms with Gasteiger partial charge in [-0.05, 0) is 35.7 Å². The minimum atomic E-state index is -3.21. The molecular formula is C22H21N3O5S. The van der Waals surface area contributed by atoms with Crippen molar-refractivity contribution < 1.29 is 18.1 Å². The minimum Gasteiger partial charge on any atom is -0.347 e. The second kappa shape index (κ2) is 9.50. The highest BCUT2D eigenvalue weighted by Gasteiger charge is 2.43. The van der Waals surface area contributed by atoms with Gasteiger partial charge in [0.15, 0.2) is 5.54 Å². The number of nitrogens with one attached hydrogen (secondary N) is 2. The third-order valence-corrected chi connectivity index (χ3v) is 5.48. The topological polar surface area (TPSA) is 118 Å². The fraction of sp³-hybridized carbons (Fsp3) is 0.136. The van der Waals surface area contributed by atoms with Gasteiger partial charge >= 0.3 is 0 Å². The van der Waals surface area contributed by atoms with Crippen molar-refractivity contribution in [2.24, 2.45) is 0 Å². The lowest BCUT2D eigenvalue weighted by Gasteiger charge is -2.33. The Morgan fingerprint density at radius 2 is 1.42 bits per heavy atom. The molecule has 0 aliphatic carbocycles. The first kappa shape index (κ1) is 22.1. The Balaban J connectivity index is 2.14. The van der Waals surface area contributed by atoms with Gasteiger partial charge in [-0.3, -0.25) is 14.9 Å². The van der Waals surface area contributed by atoms with Gasteiger partial charge in [0.25, 0.3) is 11.6 Å². The van der Waals surface area contributed by atoms with Crippen molar-refractivity contribution in [3.8, 4) is 0 Å². The number of carbonyl (C=O) groups is 1. The maximum absolute atomic E-state index is 13.6. The molecule has 3 aromatic rings. The molecule has 0 aromatic heterocycles. The summed E-state index contributed by atoms with van der Waals surface area (Å²) in [6.07, 6.45) is 0. The lowest BCUT2D eigenvalue weighted by molar-refractivity contribution is -0.384. The standard InChI is InChI=1S/C22H21N3O5S/c1-16(17-8-4-2-5-9-17)23-21(26)22(24-31(29)30,18-10-6-3-7-11-18)19-12-14-20(15-13-19)25(27)28/h2-16,31H,1H3,(H,23,26)(H,24,29,30). The molecule has 0 heterocycles. The van der Waals surface area contributed by atoms with Gasteiger partial charge in [0.1, 0.15) is 0 Å². The Kier molecular flexibility index (Phi) is 6.78. The number of nitro groups is 1. The first-order chi connectivity index (χ1) is 14.8. The number of nitrogens with zero attached hydrogens (tertiary/aromatic N) is 1. The zero-order valence-electron chi connectivity index (χ0n) is 16.6. The normalized spacial score (nSPS) is 13.9. The number of thiol groups is 1. The predicted molar refractivity (Wildman–Crippen MR) is 117 cm³/mol. The second-order valence-electron chi connectivity index (χ2n) is 6.89. The summed E-state index contributed by atoms with van der Waals surface area (Å²) >= 11 is 0. The van der Waals surface area contributed by atoms with Crippen LogP contribution >= 0.6 is 0 Å². The maximum Gasteiger partial charge on any atom is 0.269 e. The lowest BCUT2D eigenvalue weighted by Crippen LogP contribution is -2.55. The van der Waals surface area contributed by atoms with Crippen LogP contribution in [0.2, 0.25) is 0 Å². The molecule has 0 bridgehead atoms. The predicted octanol–water partition coefficient (Wildman–Crippen LogP) is 2.83. The first-order valence-electron chi connectivity index (χ1n) is 9.43. The molecule has 0 fully saturated rings. The number of benzene rings is 3. The van der Waals surface area contributed by atoms with Crippen molar-refractivity contribution >= 4 is 22.5 Å². The van der Waals surface area contributed by atoms with Gasteiger partial charge in [0.2, 0.25) is 10.9 Å². The molecule has 0 radical (unpaired) electrons. The van der Waals surface area contributed by atoms with Gasteiger partial charge < -0.3 is 5.32 Å². The molecule has 3 aromatic carbocycles. The molecule has 0 aliphatic heterocycles. The molecule has 1 amide bonds. The van der Waals surface area contributed by atoms with E-state index in [1.807, 2.05) is 30.3 Å². The van der Waals surface area contributed by atoms with Crippen LogP contribution < -0.4 is 10.0 Å². The lowest BCUT2D eigenvalue weighted by atomic mass is 9.82. The Labute approximate surface area is 181 Å². The third-order valence-electron chi connectivity index (χ3n) is 4.96. The molecule has 160 valence electrons. The van der Waals surface area contributed by atoms with Crippen molar-refractivity contribution in [2.75, 3.05) is 0 Å². The number of carbonyl (C=O) groups excluding carboxylic acids is 1. The van der Waals surface area contributed by atoms with Crippen LogP contribution in [0.1, 0.15) is 29.7 Å². The van der Waals surface area contributed by atoms with Gasteiger partial charge in [-0.2, -0.15) is 4.72 Å². The van der Waals surface area contributed by atoms with E-state index < -0.39 is 33.3 Å². The van der Waals surface area contributed by atoms with Crippen LogP contribution in [-0.2, 0) is 21.2 Å². The first-order valence-corrected chi connectivity index (χ1v) is 10.6. The second-order valence-corrected chi connectivity index (χ2v) is 7.63. The van der Waals surface area contributed by atoms with Crippen molar-refractivity contribution in [2.45, 2.75) is 18.5 Å². The zero-order valence-corrected chi connectivity index (χ0v) is 17.5. The van der Waals surface area contributed by atoms with Crippen molar-refractivity contribution in [1.82, 2.24) is 10.0 Å². The van der Waals surface area contributed by atoms with E-state index in [-0.39, 0.29) is 11.3 Å². The van der Waals surface area contributed by atoms with E-state index in [1.54, 1.807) is 37.3 Å². The van der Waals surface area contributed by atoms with E-state index in [1.165, 1.54) is 24.3 Å². The van der Waals surface area contributed by atoms with E-state index in [4.69, 9.17) is 0 Å². The van der Waals surface area contributed by atoms with Crippen LogP contribution in [0, 0.1) is 10.1 Å². The summed E-state index contributed by atoms with van der Waals surface area (Å²) < 4.78 is 26.1. The number of rotatable bonds is 8. The molecule has 9 heteroatoms. The molecular weight excluding hydrogens is 418 g/mol. The maximum atomic E-state index is 13.6. The Hall–Kier alpha value is -3.56. The van der Waals surface area contributed by atoms with E-state index in [9.17, 15) is 23.3 Å². The van der Waals surface area contributed by atoms with Crippen LogP contribution in [0.25, 0.3) is 0 Å². The highest BCUT2D eigenvalue weighted by molar-refractivity contribution is 7.70. The average molecular weight is 439 g/mol. The molecule has 0 saturated carbocycles. The molecule has 2 N–H and O–H groups in total. The van der Waals surface area contributed by atoms with Gasteiger partial charge in [-0.1, -0.05) is 60.7 Å². The van der Waals surface area contributed by atoms with Gasteiger partial charge in [0, 0.05) is 12.1 Å². The molecule has 2 unspecified atom stereocenters. The summed E-state index contributed by atoms with van der Waals surface area (Å²) in [7, 11) is -3.21. The van der Waals surface area contributed by atoms with Gasteiger partial charge in [0.05, 0.1) is 11.0 Å². The van der Waals surface area contributed by atoms with Crippen LogP contribution in [0.3, 0.4) is 0 Å². The summed E-state index contributed by atoms with van der Waals surface area (Å²) in [5.74, 6) is -0.608. The fourth-order valence-electron chi connectivity index (χ4n) is 3.40. The SMILES string of the molecule is CC(NC(=O)C(N[SH](=O)=O)(c1ccccc1)c1ccc([N+](=O)[O-])cc1)c1ccccc1. The Morgan fingerprint density at radius 1 is 0.903 bits per heavy atom. The van der Waals surface area contributed by atoms with Crippen LogP contribution in [-0.4, -0.2) is 19.2 Å². The van der Waals surface area contributed by atoms with Crippen molar-refractivity contribution in [1.29, 1.82) is 0 Å². The highest BCUT2D eigenvalue weighted by Crippen LogP contribution is 2.32. The number of amides is 1.